The Kier molecular flexibility index (Phi) is 3.41. The molecule has 1 aromatic carbocycles. The van der Waals surface area contributed by atoms with Crippen molar-refractivity contribution in [3.8, 4) is 5.75 Å². The topological polar surface area (TPSA) is 9.23 Å². The fourth-order valence-corrected chi connectivity index (χ4v) is 2.83. The number of benzene rings is 1. The maximum Gasteiger partial charge on any atom is 0.120 e. The lowest BCUT2D eigenvalue weighted by molar-refractivity contribution is 0.128. The molecule has 0 amide bonds. The molecule has 15 heavy (non-hydrogen) atoms. The fraction of sp³-hybridized carbons (Fsp3) is 0.500. The molecule has 0 radical (unpaired) electrons. The molecule has 1 aliphatic rings. The maximum absolute atomic E-state index is 5.89. The van der Waals surface area contributed by atoms with E-state index < -0.39 is 0 Å². The predicted octanol–water partition coefficient (Wildman–Crippen LogP) is 4.37. The van der Waals surface area contributed by atoms with Gasteiger partial charge >= 0.3 is 0 Å². The first-order valence-electron chi connectivity index (χ1n) is 5.13. The van der Waals surface area contributed by atoms with Crippen LogP contribution < -0.4 is 4.74 Å². The van der Waals surface area contributed by atoms with Crippen molar-refractivity contribution in [1.82, 2.24) is 0 Å². The Morgan fingerprint density at radius 3 is 2.20 bits per heavy atom. The summed E-state index contributed by atoms with van der Waals surface area (Å²) in [5, 5.41) is 0. The van der Waals surface area contributed by atoms with Gasteiger partial charge in [0.1, 0.15) is 11.9 Å². The molecule has 0 N–H and O–H groups in total. The highest BCUT2D eigenvalue weighted by atomic mass is 79.9. The zero-order chi connectivity index (χ0) is 11.0. The van der Waals surface area contributed by atoms with Crippen molar-refractivity contribution < 1.29 is 4.74 Å². The van der Waals surface area contributed by atoms with Gasteiger partial charge in [0.25, 0.3) is 0 Å². The first-order valence-corrected chi connectivity index (χ1v) is 6.84. The van der Waals surface area contributed by atoms with Gasteiger partial charge < -0.3 is 4.74 Å². The van der Waals surface area contributed by atoms with Gasteiger partial charge in [-0.2, -0.15) is 0 Å². The minimum atomic E-state index is 0.398. The molecule has 0 aliphatic heterocycles. The molecule has 3 heteroatoms. The zero-order valence-electron chi connectivity index (χ0n) is 8.89. The molecular weight excluding hydrogens is 320 g/mol. The van der Waals surface area contributed by atoms with E-state index in [1.807, 2.05) is 0 Å². The SMILES string of the molecule is Cc1cc(OC2CC(Br)C2)cc(C)c1Br. The normalized spacial score (nSPS) is 24.8. The second-order valence-corrected chi connectivity index (χ2v) is 6.27. The van der Waals surface area contributed by atoms with Crippen LogP contribution in [-0.4, -0.2) is 10.9 Å². The van der Waals surface area contributed by atoms with Gasteiger partial charge in [0.15, 0.2) is 0 Å². The van der Waals surface area contributed by atoms with Crippen molar-refractivity contribution in [3.63, 3.8) is 0 Å². The molecule has 1 aromatic rings. The molecule has 0 unspecified atom stereocenters. The summed E-state index contributed by atoms with van der Waals surface area (Å²) in [4.78, 5) is 0.653. The number of alkyl halides is 1. The van der Waals surface area contributed by atoms with Crippen LogP contribution in [0, 0.1) is 13.8 Å². The van der Waals surface area contributed by atoms with Crippen LogP contribution in [-0.2, 0) is 0 Å². The molecule has 0 aromatic heterocycles. The Morgan fingerprint density at radius 2 is 1.73 bits per heavy atom. The summed E-state index contributed by atoms with van der Waals surface area (Å²) in [7, 11) is 0. The standard InChI is InChI=1S/C12H14Br2O/c1-7-3-10(4-8(2)12(7)14)15-11-5-9(13)6-11/h3-4,9,11H,5-6H2,1-2H3. The number of aryl methyl sites for hydroxylation is 2. The molecule has 0 saturated heterocycles. The van der Waals surface area contributed by atoms with E-state index in [-0.39, 0.29) is 0 Å². The molecule has 0 atom stereocenters. The van der Waals surface area contributed by atoms with Crippen LogP contribution in [0.15, 0.2) is 16.6 Å². The summed E-state index contributed by atoms with van der Waals surface area (Å²) in [5.41, 5.74) is 2.47. The Bertz CT molecular complexity index is 347. The van der Waals surface area contributed by atoms with E-state index in [4.69, 9.17) is 4.74 Å². The van der Waals surface area contributed by atoms with Crippen LogP contribution in [0.2, 0.25) is 0 Å². The Balaban J connectivity index is 2.09. The third kappa shape index (κ3) is 2.56. The van der Waals surface area contributed by atoms with E-state index in [1.165, 1.54) is 15.6 Å². The van der Waals surface area contributed by atoms with Gasteiger partial charge in [-0.3, -0.25) is 0 Å². The fourth-order valence-electron chi connectivity index (χ4n) is 1.76. The van der Waals surface area contributed by atoms with Gasteiger partial charge in [0.05, 0.1) is 0 Å². The van der Waals surface area contributed by atoms with Gasteiger partial charge in [-0.25, -0.2) is 0 Å². The summed E-state index contributed by atoms with van der Waals surface area (Å²) in [5.74, 6) is 0.998. The monoisotopic (exact) mass is 332 g/mol. The average molecular weight is 334 g/mol. The van der Waals surface area contributed by atoms with Crippen LogP contribution in [0.3, 0.4) is 0 Å². The van der Waals surface area contributed by atoms with E-state index in [2.05, 4.69) is 57.8 Å². The summed E-state index contributed by atoms with van der Waals surface area (Å²) < 4.78 is 7.07. The second kappa shape index (κ2) is 4.46. The number of ether oxygens (including phenoxy) is 1. The first kappa shape index (κ1) is 11.5. The largest absolute Gasteiger partial charge is 0.490 e. The van der Waals surface area contributed by atoms with Gasteiger partial charge in [-0.05, 0) is 49.9 Å². The van der Waals surface area contributed by atoms with Crippen LogP contribution >= 0.6 is 31.9 Å². The minimum absolute atomic E-state index is 0.398. The van der Waals surface area contributed by atoms with E-state index in [1.54, 1.807) is 0 Å². The summed E-state index contributed by atoms with van der Waals surface area (Å²) >= 11 is 7.12. The van der Waals surface area contributed by atoms with Crippen LogP contribution in [0.5, 0.6) is 5.75 Å². The zero-order valence-corrected chi connectivity index (χ0v) is 12.1. The lowest BCUT2D eigenvalue weighted by Gasteiger charge is -2.31. The molecule has 0 bridgehead atoms. The van der Waals surface area contributed by atoms with Crippen LogP contribution in [0.1, 0.15) is 24.0 Å². The molecule has 82 valence electrons. The lowest BCUT2D eigenvalue weighted by Crippen LogP contribution is -2.33. The maximum atomic E-state index is 5.89. The summed E-state index contributed by atoms with van der Waals surface area (Å²) in [6.07, 6.45) is 2.64. The van der Waals surface area contributed by atoms with Gasteiger partial charge in [0, 0.05) is 9.30 Å². The van der Waals surface area contributed by atoms with Crippen molar-refractivity contribution in [2.24, 2.45) is 0 Å². The third-order valence-corrected chi connectivity index (χ3v) is 4.75. The molecule has 1 aliphatic carbocycles. The average Bonchev–Trinajstić information content (AvgIpc) is 2.11. The highest BCUT2D eigenvalue weighted by Crippen LogP contribution is 2.33. The molecule has 2 rings (SSSR count). The molecule has 0 heterocycles. The van der Waals surface area contributed by atoms with Gasteiger partial charge in [-0.1, -0.05) is 31.9 Å². The molecule has 1 saturated carbocycles. The van der Waals surface area contributed by atoms with Crippen molar-refractivity contribution >= 4 is 31.9 Å². The molecule has 0 spiro atoms. The van der Waals surface area contributed by atoms with E-state index in [9.17, 15) is 0 Å². The van der Waals surface area contributed by atoms with E-state index in [0.29, 0.717) is 10.9 Å². The Labute approximate surface area is 107 Å². The van der Waals surface area contributed by atoms with Crippen molar-refractivity contribution in [2.45, 2.75) is 37.6 Å². The number of halogens is 2. The van der Waals surface area contributed by atoms with Crippen LogP contribution in [0.4, 0.5) is 0 Å². The number of rotatable bonds is 2. The Hall–Kier alpha value is -0.0200. The summed E-state index contributed by atoms with van der Waals surface area (Å²) in [6, 6.07) is 4.19. The molecular formula is C12H14Br2O. The van der Waals surface area contributed by atoms with E-state index >= 15 is 0 Å². The number of hydrogen-bond donors (Lipinski definition) is 0. The quantitative estimate of drug-likeness (QED) is 0.730. The third-order valence-electron chi connectivity index (χ3n) is 2.75. The predicted molar refractivity (Wildman–Crippen MR) is 70.0 cm³/mol. The Morgan fingerprint density at radius 1 is 1.20 bits per heavy atom. The molecule has 1 fully saturated rings. The highest BCUT2D eigenvalue weighted by Gasteiger charge is 2.28. The van der Waals surface area contributed by atoms with Crippen molar-refractivity contribution in [3.05, 3.63) is 27.7 Å². The number of hydrogen-bond acceptors (Lipinski definition) is 1. The summed E-state index contributed by atoms with van der Waals surface area (Å²) in [6.45, 7) is 4.19. The lowest BCUT2D eigenvalue weighted by atomic mass is 9.96. The van der Waals surface area contributed by atoms with Crippen molar-refractivity contribution in [2.75, 3.05) is 0 Å². The van der Waals surface area contributed by atoms with Gasteiger partial charge in [-0.15, -0.1) is 0 Å². The second-order valence-electron chi connectivity index (χ2n) is 4.18. The van der Waals surface area contributed by atoms with Crippen LogP contribution in [0.25, 0.3) is 0 Å². The smallest absolute Gasteiger partial charge is 0.120 e. The van der Waals surface area contributed by atoms with E-state index in [0.717, 1.165) is 18.6 Å². The highest BCUT2D eigenvalue weighted by molar-refractivity contribution is 9.10. The van der Waals surface area contributed by atoms with Gasteiger partial charge in [0.2, 0.25) is 0 Å². The molecule has 1 nitrogen and oxygen atoms in total. The minimum Gasteiger partial charge on any atom is -0.490 e. The van der Waals surface area contributed by atoms with Crippen molar-refractivity contribution in [1.29, 1.82) is 0 Å². The first-order chi connectivity index (χ1) is 7.06.